The molecule has 1 saturated heterocycles. The van der Waals surface area contributed by atoms with E-state index in [-0.39, 0.29) is 17.7 Å². The molecule has 2 amide bonds. The third kappa shape index (κ3) is 5.02. The highest BCUT2D eigenvalue weighted by atomic mass is 16.2. The van der Waals surface area contributed by atoms with Crippen LogP contribution in [-0.4, -0.2) is 76.7 Å². The molecule has 0 spiro atoms. The van der Waals surface area contributed by atoms with Gasteiger partial charge in [-0.2, -0.15) is 5.10 Å². The van der Waals surface area contributed by atoms with Gasteiger partial charge < -0.3 is 15.1 Å². The Morgan fingerprint density at radius 3 is 2.71 bits per heavy atom. The lowest BCUT2D eigenvalue weighted by Crippen LogP contribution is -2.36. The Labute approximate surface area is 143 Å². The highest BCUT2D eigenvalue weighted by Crippen LogP contribution is 2.17. The molecule has 1 N–H and O–H groups in total. The lowest BCUT2D eigenvalue weighted by atomic mass is 10.1. The molecule has 24 heavy (non-hydrogen) atoms. The van der Waals surface area contributed by atoms with Crippen LogP contribution in [0.5, 0.6) is 0 Å². The van der Waals surface area contributed by atoms with Crippen molar-refractivity contribution in [3.63, 3.8) is 0 Å². The number of aryl methyl sites for hydroxylation is 3. The number of rotatable bonds is 8. The molecule has 1 aromatic heterocycles. The van der Waals surface area contributed by atoms with Crippen molar-refractivity contribution in [1.29, 1.82) is 0 Å². The summed E-state index contributed by atoms with van der Waals surface area (Å²) in [6.45, 7) is 7.12. The van der Waals surface area contributed by atoms with E-state index in [0.29, 0.717) is 26.1 Å². The first-order valence-corrected chi connectivity index (χ1v) is 8.45. The molecule has 0 aromatic carbocycles. The minimum Gasteiger partial charge on any atom is -0.356 e. The predicted molar refractivity (Wildman–Crippen MR) is 90.4 cm³/mol. The second-order valence-electron chi connectivity index (χ2n) is 6.62. The van der Waals surface area contributed by atoms with Gasteiger partial charge in [-0.05, 0) is 34.4 Å². The van der Waals surface area contributed by atoms with E-state index < -0.39 is 0 Å². The second kappa shape index (κ2) is 8.23. The van der Waals surface area contributed by atoms with Crippen LogP contribution in [0, 0.1) is 19.8 Å². The molecule has 0 bridgehead atoms. The fraction of sp³-hybridized carbons (Fsp3) is 0.750. The van der Waals surface area contributed by atoms with Crippen molar-refractivity contribution in [2.24, 2.45) is 5.92 Å². The molecule has 1 unspecified atom stereocenters. The summed E-state index contributed by atoms with van der Waals surface area (Å²) in [6.07, 6.45) is 1.11. The van der Waals surface area contributed by atoms with Gasteiger partial charge in [-0.25, -0.2) is 4.98 Å². The van der Waals surface area contributed by atoms with Gasteiger partial charge in [0.25, 0.3) is 0 Å². The number of likely N-dealkylation sites (N-methyl/N-ethyl adjacent to an activating group) is 1. The van der Waals surface area contributed by atoms with Gasteiger partial charge in [-0.3, -0.25) is 14.3 Å². The van der Waals surface area contributed by atoms with Gasteiger partial charge in [0.15, 0.2) is 0 Å². The molecule has 8 heteroatoms. The molecule has 1 aliphatic rings. The predicted octanol–water partition coefficient (Wildman–Crippen LogP) is -0.189. The van der Waals surface area contributed by atoms with Crippen molar-refractivity contribution in [2.75, 3.05) is 40.3 Å². The molecule has 0 aliphatic carbocycles. The first-order chi connectivity index (χ1) is 11.4. The molecule has 134 valence electrons. The van der Waals surface area contributed by atoms with Crippen LogP contribution >= 0.6 is 0 Å². The molecular weight excluding hydrogens is 308 g/mol. The van der Waals surface area contributed by atoms with E-state index in [4.69, 9.17) is 0 Å². The summed E-state index contributed by atoms with van der Waals surface area (Å²) in [5.74, 6) is 1.47. The second-order valence-corrected chi connectivity index (χ2v) is 6.62. The van der Waals surface area contributed by atoms with Crippen molar-refractivity contribution in [3.8, 4) is 0 Å². The van der Waals surface area contributed by atoms with Crippen LogP contribution in [0.1, 0.15) is 24.5 Å². The average Bonchev–Trinajstić information content (AvgIpc) is 3.03. The number of carbonyl (C=O) groups excluding carboxylic acids is 2. The monoisotopic (exact) mass is 336 g/mol. The zero-order valence-corrected chi connectivity index (χ0v) is 15.1. The zero-order valence-electron chi connectivity index (χ0n) is 15.1. The van der Waals surface area contributed by atoms with Crippen molar-refractivity contribution >= 4 is 11.8 Å². The number of hydrogen-bond donors (Lipinski definition) is 1. The van der Waals surface area contributed by atoms with E-state index in [1.807, 2.05) is 37.5 Å². The molecular formula is C16H28N6O2. The fourth-order valence-electron chi connectivity index (χ4n) is 2.84. The molecule has 1 aliphatic heterocycles. The molecule has 0 saturated carbocycles. The first kappa shape index (κ1) is 18.4. The summed E-state index contributed by atoms with van der Waals surface area (Å²) in [4.78, 5) is 32.3. The van der Waals surface area contributed by atoms with Crippen LogP contribution < -0.4 is 5.32 Å². The number of nitrogens with zero attached hydrogens (tertiary/aromatic N) is 5. The van der Waals surface area contributed by atoms with Crippen LogP contribution in [0.25, 0.3) is 0 Å². The van der Waals surface area contributed by atoms with Gasteiger partial charge in [-0.1, -0.05) is 0 Å². The minimum absolute atomic E-state index is 0.0257. The van der Waals surface area contributed by atoms with E-state index in [9.17, 15) is 9.59 Å². The Hall–Kier alpha value is -1.96. The van der Waals surface area contributed by atoms with Crippen molar-refractivity contribution < 1.29 is 9.59 Å². The summed E-state index contributed by atoms with van der Waals surface area (Å²) in [6, 6.07) is 0. The Bertz CT molecular complexity index is 583. The largest absolute Gasteiger partial charge is 0.356 e. The Kier molecular flexibility index (Phi) is 6.30. The van der Waals surface area contributed by atoms with Gasteiger partial charge in [0.2, 0.25) is 11.8 Å². The fourth-order valence-corrected chi connectivity index (χ4v) is 2.84. The summed E-state index contributed by atoms with van der Waals surface area (Å²) in [5.41, 5.74) is 0. The Balaban J connectivity index is 1.69. The minimum atomic E-state index is -0.227. The molecule has 1 aromatic rings. The van der Waals surface area contributed by atoms with Gasteiger partial charge in [-0.15, -0.1) is 0 Å². The summed E-state index contributed by atoms with van der Waals surface area (Å²) < 4.78 is 1.85. The maximum atomic E-state index is 12.2. The quantitative estimate of drug-likeness (QED) is 0.666. The lowest BCUT2D eigenvalue weighted by molar-refractivity contribution is -0.129. The van der Waals surface area contributed by atoms with Gasteiger partial charge >= 0.3 is 0 Å². The standard InChI is InChI=1S/C16H28N6O2/c1-12-18-13(2)22(19-12)7-5-6-17-16(24)14-10-15(23)21(11-14)9-8-20(3)4/h14H,5-11H2,1-4H3,(H,17,24). The van der Waals surface area contributed by atoms with Crippen LogP contribution in [0.15, 0.2) is 0 Å². The normalized spacial score (nSPS) is 17.8. The number of hydrogen-bond acceptors (Lipinski definition) is 5. The molecule has 2 rings (SSSR count). The average molecular weight is 336 g/mol. The number of likely N-dealkylation sites (tertiary alicyclic amines) is 1. The van der Waals surface area contributed by atoms with Crippen molar-refractivity contribution in [1.82, 2.24) is 29.9 Å². The van der Waals surface area contributed by atoms with Crippen LogP contribution in [0.3, 0.4) is 0 Å². The third-order valence-corrected chi connectivity index (χ3v) is 4.21. The molecule has 1 fully saturated rings. The molecule has 1 atom stereocenters. The highest BCUT2D eigenvalue weighted by Gasteiger charge is 2.33. The molecule has 0 radical (unpaired) electrons. The van der Waals surface area contributed by atoms with E-state index >= 15 is 0 Å². The topological polar surface area (TPSA) is 83.4 Å². The van der Waals surface area contributed by atoms with Crippen LogP contribution in [-0.2, 0) is 16.1 Å². The van der Waals surface area contributed by atoms with E-state index in [0.717, 1.165) is 31.2 Å². The van der Waals surface area contributed by atoms with Crippen molar-refractivity contribution in [2.45, 2.75) is 33.2 Å². The number of carbonyl (C=O) groups is 2. The number of amides is 2. The zero-order chi connectivity index (χ0) is 17.7. The van der Waals surface area contributed by atoms with Gasteiger partial charge in [0.1, 0.15) is 11.6 Å². The third-order valence-electron chi connectivity index (χ3n) is 4.21. The van der Waals surface area contributed by atoms with E-state index in [2.05, 4.69) is 15.4 Å². The summed E-state index contributed by atoms with van der Waals surface area (Å²) in [7, 11) is 3.95. The molecule has 2 heterocycles. The number of aromatic nitrogens is 3. The Morgan fingerprint density at radius 1 is 1.33 bits per heavy atom. The summed E-state index contributed by atoms with van der Waals surface area (Å²) >= 11 is 0. The van der Waals surface area contributed by atoms with Gasteiger partial charge in [0.05, 0.1) is 5.92 Å². The smallest absolute Gasteiger partial charge is 0.225 e. The summed E-state index contributed by atoms with van der Waals surface area (Å²) in [5, 5.41) is 7.23. The van der Waals surface area contributed by atoms with E-state index in [1.54, 1.807) is 4.90 Å². The number of nitrogens with one attached hydrogen (secondary N) is 1. The van der Waals surface area contributed by atoms with Crippen molar-refractivity contribution in [3.05, 3.63) is 11.6 Å². The Morgan fingerprint density at radius 2 is 2.08 bits per heavy atom. The highest BCUT2D eigenvalue weighted by molar-refractivity contribution is 5.89. The van der Waals surface area contributed by atoms with Crippen LogP contribution in [0.4, 0.5) is 0 Å². The maximum absolute atomic E-state index is 12.2. The SMILES string of the molecule is Cc1nc(C)n(CCCNC(=O)C2CC(=O)N(CCN(C)C)C2)n1. The van der Waals surface area contributed by atoms with Gasteiger partial charge in [0, 0.05) is 39.1 Å². The maximum Gasteiger partial charge on any atom is 0.225 e. The lowest BCUT2D eigenvalue weighted by Gasteiger charge is -2.19. The van der Waals surface area contributed by atoms with Crippen LogP contribution in [0.2, 0.25) is 0 Å². The first-order valence-electron chi connectivity index (χ1n) is 8.45. The molecule has 8 nitrogen and oxygen atoms in total. The van der Waals surface area contributed by atoms with E-state index in [1.165, 1.54) is 0 Å².